The molecule has 0 spiro atoms. The third-order valence-electron chi connectivity index (χ3n) is 12.2. The molecule has 0 aromatic heterocycles. The molecule has 5 atom stereocenters. The largest absolute Gasteiger partial charge is 0.514 e. The normalized spacial score (nSPS) is 27.5. The maximum atomic E-state index is 14.0. The van der Waals surface area contributed by atoms with Crippen molar-refractivity contribution in [3.05, 3.63) is 23.3 Å². The van der Waals surface area contributed by atoms with Gasteiger partial charge in [-0.15, -0.1) is 0 Å². The van der Waals surface area contributed by atoms with E-state index in [-0.39, 0.29) is 66.9 Å². The molecule has 328 valence electrons. The lowest BCUT2D eigenvalue weighted by molar-refractivity contribution is -0.199. The minimum absolute atomic E-state index is 0.0113. The molecule has 3 saturated carbocycles. The molecule has 3 aliphatic heterocycles. The molecule has 2 bridgehead atoms. The Hall–Kier alpha value is -3.57. The van der Waals surface area contributed by atoms with E-state index >= 15 is 0 Å². The van der Waals surface area contributed by atoms with Crippen molar-refractivity contribution in [1.29, 1.82) is 0 Å². The van der Waals surface area contributed by atoms with Crippen molar-refractivity contribution in [3.63, 3.8) is 0 Å². The Balaban J connectivity index is 1.19. The van der Waals surface area contributed by atoms with Gasteiger partial charge >= 0.3 is 25.3 Å². The highest BCUT2D eigenvalue weighted by molar-refractivity contribution is 7.92. The van der Waals surface area contributed by atoms with Crippen LogP contribution in [0.25, 0.3) is 0 Å². The van der Waals surface area contributed by atoms with E-state index in [4.69, 9.17) is 33.0 Å². The fourth-order valence-electron chi connectivity index (χ4n) is 9.00. The van der Waals surface area contributed by atoms with Gasteiger partial charge in [0.2, 0.25) is 5.91 Å². The number of nitrogens with zero attached hydrogens (tertiary/aromatic N) is 2. The molecule has 0 N–H and O–H groups in total. The summed E-state index contributed by atoms with van der Waals surface area (Å²) >= 11 is 0. The van der Waals surface area contributed by atoms with Crippen molar-refractivity contribution in [3.8, 4) is 11.5 Å². The zero-order chi connectivity index (χ0) is 43.7. The molecule has 0 radical (unpaired) electrons. The summed E-state index contributed by atoms with van der Waals surface area (Å²) < 4.78 is 68.1. The molecule has 6 fully saturated rings. The molecular weight excluding hydrogens is 783 g/mol. The number of sulfone groups is 1. The monoisotopic (exact) mass is 846 g/mol. The highest BCUT2D eigenvalue weighted by atomic mass is 32.2. The van der Waals surface area contributed by atoms with E-state index in [0.29, 0.717) is 30.1 Å². The quantitative estimate of drug-likeness (QED) is 0.118. The predicted molar refractivity (Wildman–Crippen MR) is 218 cm³/mol. The van der Waals surface area contributed by atoms with Gasteiger partial charge in [0, 0.05) is 19.5 Å². The average Bonchev–Trinajstić information content (AvgIpc) is 3.40. The number of benzene rings is 1. The summed E-state index contributed by atoms with van der Waals surface area (Å²) in [4.78, 5) is 56.2. The lowest BCUT2D eigenvalue weighted by Gasteiger charge is -2.64. The van der Waals surface area contributed by atoms with Crippen LogP contribution in [0.1, 0.15) is 118 Å². The summed E-state index contributed by atoms with van der Waals surface area (Å²) in [6.07, 6.45) is 0.255. The van der Waals surface area contributed by atoms with Crippen LogP contribution in [0.2, 0.25) is 6.32 Å². The maximum Gasteiger partial charge on any atom is 0.514 e. The van der Waals surface area contributed by atoms with E-state index in [9.17, 15) is 27.6 Å². The van der Waals surface area contributed by atoms with Crippen molar-refractivity contribution >= 4 is 41.1 Å². The van der Waals surface area contributed by atoms with Gasteiger partial charge in [-0.1, -0.05) is 19.9 Å². The minimum atomic E-state index is -3.64. The summed E-state index contributed by atoms with van der Waals surface area (Å²) in [7, 11) is -4.14. The van der Waals surface area contributed by atoms with E-state index in [0.717, 1.165) is 12.8 Å². The lowest BCUT2D eigenvalue weighted by Crippen LogP contribution is -2.65. The summed E-state index contributed by atoms with van der Waals surface area (Å²) in [5.41, 5.74) is -2.39. The number of carbonyl (C=O) groups is 4. The number of likely N-dealkylation sites (tertiary alicyclic amines) is 1. The van der Waals surface area contributed by atoms with E-state index in [1.54, 1.807) is 74.4 Å². The highest BCUT2D eigenvalue weighted by Gasteiger charge is 2.67. The van der Waals surface area contributed by atoms with Crippen molar-refractivity contribution in [2.75, 3.05) is 31.9 Å². The van der Waals surface area contributed by atoms with Gasteiger partial charge in [-0.05, 0) is 124 Å². The number of carbonyl (C=O) groups excluding carboxylic acids is 4. The molecule has 3 aliphatic carbocycles. The third kappa shape index (κ3) is 9.98. The Kier molecular flexibility index (Phi) is 12.0. The van der Waals surface area contributed by atoms with Crippen LogP contribution in [0.5, 0.6) is 11.5 Å². The first kappa shape index (κ1) is 45.0. The maximum absolute atomic E-state index is 14.0. The first-order chi connectivity index (χ1) is 27.0. The average molecular weight is 847 g/mol. The van der Waals surface area contributed by atoms with Crippen LogP contribution in [0.15, 0.2) is 12.1 Å². The fraction of sp³-hybridized carbons (Fsp3) is 0.762. The smallest absolute Gasteiger partial charge is 0.486 e. The number of hydrogen-bond donors (Lipinski definition) is 0. The molecule has 17 heteroatoms. The van der Waals surface area contributed by atoms with Crippen LogP contribution in [0.4, 0.5) is 9.59 Å². The number of rotatable bonds is 9. The van der Waals surface area contributed by atoms with Crippen molar-refractivity contribution in [2.45, 2.75) is 155 Å². The van der Waals surface area contributed by atoms with Gasteiger partial charge in [-0.3, -0.25) is 4.79 Å². The van der Waals surface area contributed by atoms with E-state index < -0.39 is 74.8 Å². The van der Waals surface area contributed by atoms with Gasteiger partial charge < -0.3 is 42.8 Å². The van der Waals surface area contributed by atoms with E-state index in [2.05, 4.69) is 20.8 Å². The zero-order valence-corrected chi connectivity index (χ0v) is 37.6. The second-order valence-electron chi connectivity index (χ2n) is 20.6. The molecule has 15 nitrogen and oxygen atoms in total. The minimum Gasteiger partial charge on any atom is -0.486 e. The van der Waals surface area contributed by atoms with Gasteiger partial charge in [0.15, 0.2) is 15.6 Å². The molecule has 2 amide bonds. The summed E-state index contributed by atoms with van der Waals surface area (Å²) in [5.74, 6) is -0.477. The molecule has 3 heterocycles. The molecule has 59 heavy (non-hydrogen) atoms. The molecular formula is C42H63BN2O13S. The fourth-order valence-corrected chi connectivity index (χ4v) is 10.6. The molecule has 7 rings (SSSR count). The second kappa shape index (κ2) is 15.7. The standard InChI is InChI=1S/C42H63BN2O13S/c1-38(2,3)54-35(47)33-29(52-27-22-45(23-27)32(46)21-28-24-44(17-18-59(28,50)51)36(48)55-39(4,5)6)14-13-25(34(33)53-37(49)56-40(7,8)9)15-16-43-57-31-20-26-19-30(41(26,10)11)42(31,12)58-43/h13-14,26-28,30-31H,15-24H2,1-12H3/t26-,28?,30-,31+,42-/m0/s1. The van der Waals surface area contributed by atoms with Crippen LogP contribution in [-0.4, -0.2) is 121 Å². The van der Waals surface area contributed by atoms with Crippen LogP contribution in [-0.2, 0) is 44.6 Å². The van der Waals surface area contributed by atoms with Crippen LogP contribution < -0.4 is 9.47 Å². The molecule has 3 saturated heterocycles. The molecule has 1 aromatic carbocycles. The number of esters is 1. The Morgan fingerprint density at radius 2 is 1.51 bits per heavy atom. The molecule has 1 aromatic rings. The van der Waals surface area contributed by atoms with Crippen molar-refractivity contribution in [1.82, 2.24) is 9.80 Å². The van der Waals surface area contributed by atoms with Crippen LogP contribution in [0, 0.1) is 17.3 Å². The van der Waals surface area contributed by atoms with Crippen LogP contribution in [0.3, 0.4) is 0 Å². The van der Waals surface area contributed by atoms with Gasteiger partial charge in [0.1, 0.15) is 34.2 Å². The van der Waals surface area contributed by atoms with E-state index in [1.807, 2.05) is 0 Å². The summed E-state index contributed by atoms with van der Waals surface area (Å²) in [5, 5.41) is -1.08. The summed E-state index contributed by atoms with van der Waals surface area (Å²) in [6.45, 7) is 22.2. The predicted octanol–water partition coefficient (Wildman–Crippen LogP) is 6.24. The van der Waals surface area contributed by atoms with Crippen molar-refractivity contribution in [2.24, 2.45) is 17.3 Å². The Morgan fingerprint density at radius 3 is 2.12 bits per heavy atom. The summed E-state index contributed by atoms with van der Waals surface area (Å²) in [6, 6.07) is 3.34. The lowest BCUT2D eigenvalue weighted by atomic mass is 9.43. The van der Waals surface area contributed by atoms with Gasteiger partial charge in [-0.25, -0.2) is 22.8 Å². The number of ether oxygens (including phenoxy) is 5. The Labute approximate surface area is 349 Å². The van der Waals surface area contributed by atoms with E-state index in [1.165, 1.54) is 9.80 Å². The Bertz CT molecular complexity index is 1930. The molecule has 1 unspecified atom stereocenters. The third-order valence-corrected chi connectivity index (χ3v) is 14.2. The number of amides is 2. The first-order valence-electron chi connectivity index (χ1n) is 20.8. The zero-order valence-electron chi connectivity index (χ0n) is 36.8. The second-order valence-corrected chi connectivity index (χ2v) is 23.0. The van der Waals surface area contributed by atoms with Crippen molar-refractivity contribution < 1.29 is 60.6 Å². The number of hydrogen-bond acceptors (Lipinski definition) is 13. The number of aryl methyl sites for hydroxylation is 1. The molecule has 6 aliphatic rings. The van der Waals surface area contributed by atoms with Gasteiger partial charge in [-0.2, -0.15) is 0 Å². The highest BCUT2D eigenvalue weighted by Crippen LogP contribution is 2.65. The van der Waals surface area contributed by atoms with Gasteiger partial charge in [0.05, 0.1) is 35.8 Å². The Morgan fingerprint density at radius 1 is 0.864 bits per heavy atom. The van der Waals surface area contributed by atoms with Crippen LogP contribution >= 0.6 is 0 Å². The SMILES string of the molecule is CC(C)(C)OC(=O)Oc1c(CCB2O[C@@H]3C[C@@H]4C[C@@H](C4(C)C)[C@]3(C)O2)ccc(OC2CN(C(=O)CC3CN(C(=O)OC(C)(C)C)CCS3(=O)=O)C2)c1C(=O)OC(C)(C)C. The topological polar surface area (TPSA) is 174 Å². The first-order valence-corrected chi connectivity index (χ1v) is 22.5. The van der Waals surface area contributed by atoms with Gasteiger partial charge in [0.25, 0.3) is 0 Å².